The molecule has 32 heavy (non-hydrogen) atoms. The molecular weight excluding hydrogens is 423 g/mol. The van der Waals surface area contributed by atoms with Gasteiger partial charge in [0.25, 0.3) is 5.91 Å². The number of alkyl halides is 3. The minimum atomic E-state index is -4.64. The van der Waals surface area contributed by atoms with Gasteiger partial charge in [0.15, 0.2) is 11.6 Å². The average Bonchev–Trinajstić information content (AvgIpc) is 3.14. The van der Waals surface area contributed by atoms with Gasteiger partial charge in [0.2, 0.25) is 5.84 Å². The highest BCUT2D eigenvalue weighted by Gasteiger charge is 2.48. The molecule has 4 rings (SSSR count). The molecule has 1 aliphatic heterocycles. The molecule has 1 N–H and O–H groups in total. The third kappa shape index (κ3) is 4.34. The Morgan fingerprint density at radius 3 is 2.56 bits per heavy atom. The number of carbonyl (C=O) groups is 1. The van der Waals surface area contributed by atoms with Crippen molar-refractivity contribution < 1.29 is 22.7 Å². The minimum Gasteiger partial charge on any atom is -0.494 e. The lowest BCUT2D eigenvalue weighted by molar-refractivity contribution is -0.0596. The standard InChI is InChI=1S/C22H20F3N5O2/c1-3-32-15-7-5-14(6-8-15)20(31)29-18-11-27-19(12-26-18)30-17-9-4-13(2)10-16(17)28-21(30)22(23,24)25/h4-9,11-12,16H,3,10H2,1-2H3,(H,26,29,31). The van der Waals surface area contributed by atoms with E-state index >= 15 is 0 Å². The second-order valence-corrected chi connectivity index (χ2v) is 7.28. The van der Waals surface area contributed by atoms with E-state index in [9.17, 15) is 18.0 Å². The number of allylic oxidation sites excluding steroid dienone is 2. The number of carbonyl (C=O) groups excluding carboxylic acids is 1. The number of amidine groups is 1. The summed E-state index contributed by atoms with van der Waals surface area (Å²) >= 11 is 0. The Morgan fingerprint density at radius 2 is 1.94 bits per heavy atom. The molecule has 0 saturated heterocycles. The third-order valence-corrected chi connectivity index (χ3v) is 4.93. The van der Waals surface area contributed by atoms with Crippen molar-refractivity contribution in [3.63, 3.8) is 0 Å². The molecule has 0 spiro atoms. The lowest BCUT2D eigenvalue weighted by atomic mass is 9.99. The van der Waals surface area contributed by atoms with Crippen LogP contribution in [0, 0.1) is 0 Å². The van der Waals surface area contributed by atoms with Crippen molar-refractivity contribution in [3.05, 3.63) is 65.6 Å². The molecule has 2 aliphatic rings. The summed E-state index contributed by atoms with van der Waals surface area (Å²) in [7, 11) is 0. The number of ether oxygens (including phenoxy) is 1. The fourth-order valence-electron chi connectivity index (χ4n) is 3.48. The molecule has 2 aromatic rings. The van der Waals surface area contributed by atoms with E-state index in [-0.39, 0.29) is 11.6 Å². The first kappa shape index (κ1) is 21.5. The van der Waals surface area contributed by atoms with Crippen molar-refractivity contribution in [1.29, 1.82) is 0 Å². The lowest BCUT2D eigenvalue weighted by Gasteiger charge is -2.25. The SMILES string of the molecule is CCOc1ccc(C(=O)Nc2cnc(N3C4=CC=C(C)CC4N=C3C(F)(F)F)cn2)cc1. The summed E-state index contributed by atoms with van der Waals surface area (Å²) in [5.41, 5.74) is 1.72. The summed E-state index contributed by atoms with van der Waals surface area (Å²) in [5.74, 6) is -0.729. The second-order valence-electron chi connectivity index (χ2n) is 7.28. The topological polar surface area (TPSA) is 79.7 Å². The van der Waals surface area contributed by atoms with E-state index in [1.807, 2.05) is 13.8 Å². The van der Waals surface area contributed by atoms with Gasteiger partial charge in [0.1, 0.15) is 5.75 Å². The van der Waals surface area contributed by atoms with Crippen LogP contribution in [0.15, 0.2) is 65.1 Å². The maximum Gasteiger partial charge on any atom is 0.449 e. The fourth-order valence-corrected chi connectivity index (χ4v) is 3.48. The van der Waals surface area contributed by atoms with Crippen LogP contribution < -0.4 is 15.0 Å². The monoisotopic (exact) mass is 443 g/mol. The predicted octanol–water partition coefficient (Wildman–Crippen LogP) is 4.51. The summed E-state index contributed by atoms with van der Waals surface area (Å²) in [5, 5.41) is 2.58. The van der Waals surface area contributed by atoms with Crippen molar-refractivity contribution in [3.8, 4) is 5.75 Å². The molecule has 1 amide bonds. The molecule has 166 valence electrons. The zero-order valence-corrected chi connectivity index (χ0v) is 17.3. The highest BCUT2D eigenvalue weighted by atomic mass is 19.4. The normalized spacial score (nSPS) is 17.8. The number of halogens is 3. The highest BCUT2D eigenvalue weighted by molar-refractivity contribution is 6.06. The number of amides is 1. The number of nitrogens with one attached hydrogen (secondary N) is 1. The van der Waals surface area contributed by atoms with E-state index in [1.54, 1.807) is 36.4 Å². The highest BCUT2D eigenvalue weighted by Crippen LogP contribution is 2.38. The largest absolute Gasteiger partial charge is 0.494 e. The average molecular weight is 443 g/mol. The number of anilines is 2. The first-order valence-corrected chi connectivity index (χ1v) is 9.95. The number of fused-ring (bicyclic) bond motifs is 1. The first-order valence-electron chi connectivity index (χ1n) is 9.95. The number of nitrogens with zero attached hydrogens (tertiary/aromatic N) is 4. The molecule has 1 atom stereocenters. The molecule has 2 heterocycles. The fraction of sp³-hybridized carbons (Fsp3) is 0.273. The Morgan fingerprint density at radius 1 is 1.19 bits per heavy atom. The zero-order chi connectivity index (χ0) is 22.9. The van der Waals surface area contributed by atoms with Crippen molar-refractivity contribution in [2.24, 2.45) is 4.99 Å². The number of hydrogen-bond acceptors (Lipinski definition) is 6. The van der Waals surface area contributed by atoms with Gasteiger partial charge in [-0.1, -0.05) is 11.6 Å². The summed E-state index contributed by atoms with van der Waals surface area (Å²) in [6, 6.07) is 5.93. The molecule has 0 fully saturated rings. The van der Waals surface area contributed by atoms with Crippen LogP contribution in [0.3, 0.4) is 0 Å². The van der Waals surface area contributed by atoms with Crippen molar-refractivity contribution in [2.75, 3.05) is 16.8 Å². The molecule has 10 heteroatoms. The second kappa shape index (κ2) is 8.45. The van der Waals surface area contributed by atoms with Crippen molar-refractivity contribution >= 4 is 23.4 Å². The zero-order valence-electron chi connectivity index (χ0n) is 17.3. The summed E-state index contributed by atoms with van der Waals surface area (Å²) < 4.78 is 46.2. The van der Waals surface area contributed by atoms with E-state index in [0.717, 1.165) is 10.5 Å². The van der Waals surface area contributed by atoms with E-state index in [0.29, 0.717) is 30.0 Å². The van der Waals surface area contributed by atoms with Crippen LogP contribution in [0.1, 0.15) is 30.6 Å². The van der Waals surface area contributed by atoms with Gasteiger partial charge < -0.3 is 10.1 Å². The van der Waals surface area contributed by atoms with Gasteiger partial charge in [-0.2, -0.15) is 13.2 Å². The molecule has 0 radical (unpaired) electrons. The Labute approximate surface area is 182 Å². The van der Waals surface area contributed by atoms with Crippen LogP contribution in [0.4, 0.5) is 24.8 Å². The number of aliphatic imine (C=N–C) groups is 1. The molecule has 0 saturated carbocycles. The van der Waals surface area contributed by atoms with Gasteiger partial charge in [0.05, 0.1) is 30.7 Å². The number of rotatable bonds is 5. The Balaban J connectivity index is 1.53. The molecule has 1 aliphatic carbocycles. The van der Waals surface area contributed by atoms with E-state index in [4.69, 9.17) is 4.74 Å². The van der Waals surface area contributed by atoms with Gasteiger partial charge in [-0.05, 0) is 50.6 Å². The van der Waals surface area contributed by atoms with Crippen LogP contribution in [-0.4, -0.2) is 40.5 Å². The van der Waals surface area contributed by atoms with Gasteiger partial charge >= 0.3 is 6.18 Å². The third-order valence-electron chi connectivity index (χ3n) is 4.93. The molecule has 1 aromatic carbocycles. The molecule has 7 nitrogen and oxygen atoms in total. The van der Waals surface area contributed by atoms with Crippen LogP contribution >= 0.6 is 0 Å². The molecule has 1 aromatic heterocycles. The van der Waals surface area contributed by atoms with Gasteiger partial charge in [-0.25, -0.2) is 9.97 Å². The van der Waals surface area contributed by atoms with Gasteiger partial charge in [-0.15, -0.1) is 0 Å². The van der Waals surface area contributed by atoms with Crippen LogP contribution in [0.5, 0.6) is 5.75 Å². The number of aromatic nitrogens is 2. The predicted molar refractivity (Wildman–Crippen MR) is 114 cm³/mol. The van der Waals surface area contributed by atoms with Crippen LogP contribution in [0.25, 0.3) is 0 Å². The maximum absolute atomic E-state index is 13.6. The molecule has 0 bridgehead atoms. The van der Waals surface area contributed by atoms with E-state index in [2.05, 4.69) is 20.3 Å². The van der Waals surface area contributed by atoms with E-state index < -0.39 is 24.0 Å². The Kier molecular flexibility index (Phi) is 5.68. The Bertz CT molecular complexity index is 1110. The van der Waals surface area contributed by atoms with Crippen molar-refractivity contribution in [2.45, 2.75) is 32.5 Å². The first-order chi connectivity index (χ1) is 15.3. The van der Waals surface area contributed by atoms with Gasteiger partial charge in [0, 0.05) is 5.56 Å². The number of benzene rings is 1. The maximum atomic E-state index is 13.6. The van der Waals surface area contributed by atoms with Gasteiger partial charge in [-0.3, -0.25) is 14.7 Å². The quantitative estimate of drug-likeness (QED) is 0.736. The molecular formula is C22H20F3N5O2. The number of hydrogen-bond donors (Lipinski definition) is 1. The summed E-state index contributed by atoms with van der Waals surface area (Å²) in [6.45, 7) is 4.22. The summed E-state index contributed by atoms with van der Waals surface area (Å²) in [4.78, 5) is 25.4. The van der Waals surface area contributed by atoms with Crippen molar-refractivity contribution in [1.82, 2.24) is 9.97 Å². The smallest absolute Gasteiger partial charge is 0.449 e. The van der Waals surface area contributed by atoms with Crippen LogP contribution in [0.2, 0.25) is 0 Å². The Hall–Kier alpha value is -3.69. The molecule has 1 unspecified atom stereocenters. The van der Waals surface area contributed by atoms with Crippen LogP contribution in [-0.2, 0) is 0 Å². The minimum absolute atomic E-state index is 0.0261. The summed E-state index contributed by atoms with van der Waals surface area (Å²) in [6.07, 6.45) is 1.55. The lowest BCUT2D eigenvalue weighted by Crippen LogP contribution is -2.38. The van der Waals surface area contributed by atoms with E-state index in [1.165, 1.54) is 12.4 Å².